The van der Waals surface area contributed by atoms with Gasteiger partial charge in [-0.05, 0) is 17.7 Å². The Labute approximate surface area is 97.9 Å². The molecule has 1 aromatic rings. The highest BCUT2D eigenvalue weighted by Crippen LogP contribution is 2.26. The van der Waals surface area contributed by atoms with Gasteiger partial charge in [-0.15, -0.1) is 0 Å². The first-order chi connectivity index (χ1) is 8.25. The predicted molar refractivity (Wildman–Crippen MR) is 57.4 cm³/mol. The zero-order chi connectivity index (χ0) is 11.8. The van der Waals surface area contributed by atoms with Gasteiger partial charge in [-0.25, -0.2) is 0 Å². The fourth-order valence-corrected chi connectivity index (χ4v) is 2.42. The van der Waals surface area contributed by atoms with Gasteiger partial charge in [0.25, 0.3) is 5.69 Å². The van der Waals surface area contributed by atoms with Crippen molar-refractivity contribution in [2.24, 2.45) is 0 Å². The van der Waals surface area contributed by atoms with E-state index in [0.29, 0.717) is 26.1 Å². The molecule has 6 nitrogen and oxygen atoms in total. The number of nitrogens with one attached hydrogen (secondary N) is 1. The molecule has 90 valence electrons. The van der Waals surface area contributed by atoms with E-state index < -0.39 is 4.92 Å². The van der Waals surface area contributed by atoms with Crippen molar-refractivity contribution in [1.82, 2.24) is 0 Å². The summed E-state index contributed by atoms with van der Waals surface area (Å²) < 4.78 is 11.1. The molecule has 2 saturated heterocycles. The normalized spacial score (nSPS) is 31.4. The van der Waals surface area contributed by atoms with Crippen LogP contribution in [0.1, 0.15) is 11.7 Å². The van der Waals surface area contributed by atoms with Crippen LogP contribution in [0, 0.1) is 10.1 Å². The number of fused-ring (bicyclic) bond motifs is 1. The van der Waals surface area contributed by atoms with Crippen LogP contribution >= 0.6 is 0 Å². The SMILES string of the molecule is O=[N+]([O-])c1ccc([C@@H]2OC[NH+]3COC[C@@H]23)cc1. The van der Waals surface area contributed by atoms with Gasteiger partial charge in [-0.1, -0.05) is 0 Å². The van der Waals surface area contributed by atoms with E-state index in [2.05, 4.69) is 0 Å². The molecule has 0 saturated carbocycles. The molecular formula is C11H13N2O4+. The monoisotopic (exact) mass is 237 g/mol. The Hall–Kier alpha value is -1.50. The van der Waals surface area contributed by atoms with Crippen molar-refractivity contribution in [1.29, 1.82) is 0 Å². The number of benzene rings is 1. The minimum atomic E-state index is -0.393. The average Bonchev–Trinajstić information content (AvgIpc) is 2.90. The van der Waals surface area contributed by atoms with Crippen molar-refractivity contribution in [2.75, 3.05) is 20.1 Å². The van der Waals surface area contributed by atoms with Gasteiger partial charge >= 0.3 is 0 Å². The number of nitro groups is 1. The third-order valence-electron chi connectivity index (χ3n) is 3.36. The maximum atomic E-state index is 10.6. The molecule has 6 heteroatoms. The number of hydrogen-bond donors (Lipinski definition) is 1. The Balaban J connectivity index is 1.82. The lowest BCUT2D eigenvalue weighted by atomic mass is 10.0. The number of nitro benzene ring substituents is 1. The molecule has 2 heterocycles. The fraction of sp³-hybridized carbons (Fsp3) is 0.455. The van der Waals surface area contributed by atoms with Crippen molar-refractivity contribution < 1.29 is 19.3 Å². The maximum absolute atomic E-state index is 10.6. The third-order valence-corrected chi connectivity index (χ3v) is 3.36. The van der Waals surface area contributed by atoms with Crippen LogP contribution < -0.4 is 4.90 Å². The number of nitrogens with zero attached hydrogens (tertiary/aromatic N) is 1. The van der Waals surface area contributed by atoms with Crippen LogP contribution in [-0.4, -0.2) is 31.0 Å². The van der Waals surface area contributed by atoms with Crippen molar-refractivity contribution in [2.45, 2.75) is 12.1 Å². The molecule has 0 aromatic heterocycles. The number of non-ortho nitro benzene ring substituents is 1. The van der Waals surface area contributed by atoms with Crippen LogP contribution in [0.5, 0.6) is 0 Å². The highest BCUT2D eigenvalue weighted by molar-refractivity contribution is 5.34. The first-order valence-corrected chi connectivity index (χ1v) is 5.54. The van der Waals surface area contributed by atoms with Gasteiger partial charge in [0.05, 0.1) is 4.92 Å². The highest BCUT2D eigenvalue weighted by atomic mass is 16.6. The molecule has 3 atom stereocenters. The molecule has 2 fully saturated rings. The highest BCUT2D eigenvalue weighted by Gasteiger charge is 2.44. The van der Waals surface area contributed by atoms with E-state index in [9.17, 15) is 10.1 Å². The van der Waals surface area contributed by atoms with Crippen LogP contribution in [0.2, 0.25) is 0 Å². The molecule has 2 aliphatic rings. The van der Waals surface area contributed by atoms with Crippen LogP contribution in [0.15, 0.2) is 24.3 Å². The molecule has 0 aliphatic carbocycles. The maximum Gasteiger partial charge on any atom is 0.269 e. The lowest BCUT2D eigenvalue weighted by molar-refractivity contribution is -0.916. The van der Waals surface area contributed by atoms with Gasteiger partial charge in [-0.2, -0.15) is 0 Å². The minimum Gasteiger partial charge on any atom is -0.325 e. The third kappa shape index (κ3) is 1.80. The lowest BCUT2D eigenvalue weighted by Crippen LogP contribution is -3.12. The van der Waals surface area contributed by atoms with Crippen LogP contribution in [0.4, 0.5) is 5.69 Å². The molecular weight excluding hydrogens is 224 g/mol. The number of rotatable bonds is 2. The first-order valence-electron chi connectivity index (χ1n) is 5.54. The van der Waals surface area contributed by atoms with Crippen LogP contribution in [-0.2, 0) is 9.47 Å². The molecule has 0 amide bonds. The Kier molecular flexibility index (Phi) is 2.54. The fourth-order valence-electron chi connectivity index (χ4n) is 2.42. The number of hydrogen-bond acceptors (Lipinski definition) is 4. The van der Waals surface area contributed by atoms with Gasteiger partial charge in [0.15, 0.2) is 13.5 Å². The van der Waals surface area contributed by atoms with Crippen molar-refractivity contribution in [3.05, 3.63) is 39.9 Å². The summed E-state index contributed by atoms with van der Waals surface area (Å²) in [4.78, 5) is 11.5. The lowest BCUT2D eigenvalue weighted by Gasteiger charge is -2.12. The second kappa shape index (κ2) is 4.06. The Bertz CT molecular complexity index is 434. The Morgan fingerprint density at radius 3 is 2.76 bits per heavy atom. The summed E-state index contributed by atoms with van der Waals surface area (Å²) >= 11 is 0. The average molecular weight is 237 g/mol. The summed E-state index contributed by atoms with van der Waals surface area (Å²) in [5, 5.41) is 10.6. The topological polar surface area (TPSA) is 66.0 Å². The summed E-state index contributed by atoms with van der Waals surface area (Å²) in [5.41, 5.74) is 1.10. The molecule has 1 N–H and O–H groups in total. The van der Waals surface area contributed by atoms with E-state index in [0.717, 1.165) is 5.56 Å². The van der Waals surface area contributed by atoms with E-state index in [-0.39, 0.29) is 11.8 Å². The molecule has 17 heavy (non-hydrogen) atoms. The van der Waals surface area contributed by atoms with Gasteiger partial charge in [0.2, 0.25) is 0 Å². The largest absolute Gasteiger partial charge is 0.325 e. The van der Waals surface area contributed by atoms with E-state index in [1.165, 1.54) is 17.0 Å². The summed E-state index contributed by atoms with van der Waals surface area (Å²) in [5.74, 6) is 0. The number of quaternary nitrogens is 1. The van der Waals surface area contributed by atoms with Gasteiger partial charge < -0.3 is 9.47 Å². The van der Waals surface area contributed by atoms with Gasteiger partial charge in [0, 0.05) is 12.1 Å². The van der Waals surface area contributed by atoms with Crippen molar-refractivity contribution in [3.8, 4) is 0 Å². The van der Waals surface area contributed by atoms with E-state index >= 15 is 0 Å². The van der Waals surface area contributed by atoms with Crippen LogP contribution in [0.25, 0.3) is 0 Å². The summed E-state index contributed by atoms with van der Waals surface area (Å²) in [6.45, 7) is 2.03. The van der Waals surface area contributed by atoms with E-state index in [1.807, 2.05) is 0 Å². The second-order valence-electron chi connectivity index (χ2n) is 4.36. The van der Waals surface area contributed by atoms with Crippen molar-refractivity contribution in [3.63, 3.8) is 0 Å². The molecule has 0 spiro atoms. The molecule has 1 aromatic carbocycles. The van der Waals surface area contributed by atoms with E-state index in [1.54, 1.807) is 12.1 Å². The molecule has 0 bridgehead atoms. The summed E-state index contributed by atoms with van der Waals surface area (Å²) in [6.07, 6.45) is -0.00620. The molecule has 3 rings (SSSR count). The minimum absolute atomic E-state index is 0.00620. The zero-order valence-electron chi connectivity index (χ0n) is 9.17. The number of ether oxygens (including phenoxy) is 2. The Morgan fingerprint density at radius 2 is 2.06 bits per heavy atom. The van der Waals surface area contributed by atoms with E-state index in [4.69, 9.17) is 9.47 Å². The molecule has 1 unspecified atom stereocenters. The molecule has 0 radical (unpaired) electrons. The van der Waals surface area contributed by atoms with Crippen molar-refractivity contribution >= 4 is 5.69 Å². The second-order valence-corrected chi connectivity index (χ2v) is 4.36. The quantitative estimate of drug-likeness (QED) is 0.574. The zero-order valence-corrected chi connectivity index (χ0v) is 9.17. The summed E-state index contributed by atoms with van der Waals surface area (Å²) in [7, 11) is 0. The Morgan fingerprint density at radius 1 is 1.29 bits per heavy atom. The molecule has 2 aliphatic heterocycles. The van der Waals surface area contributed by atoms with Gasteiger partial charge in [-0.3, -0.25) is 15.0 Å². The smallest absolute Gasteiger partial charge is 0.269 e. The summed E-state index contributed by atoms with van der Waals surface area (Å²) in [6, 6.07) is 6.89. The predicted octanol–water partition coefficient (Wildman–Crippen LogP) is -0.135. The first kappa shape index (κ1) is 10.6. The van der Waals surface area contributed by atoms with Crippen LogP contribution in [0.3, 0.4) is 0 Å². The van der Waals surface area contributed by atoms with Gasteiger partial charge in [0.1, 0.15) is 18.8 Å². The standard InChI is InChI=1S/C11H12N2O4/c14-13(15)9-3-1-8(2-4-9)11-10-5-16-6-12(10)7-17-11/h1-4,10-11H,5-7H2/p+1/t10-,11-/m0/s1.